The monoisotopic (exact) mass is 339 g/mol. The van der Waals surface area contributed by atoms with Crippen molar-refractivity contribution >= 4 is 0 Å². The average molecular weight is 340 g/mol. The van der Waals surface area contributed by atoms with Gasteiger partial charge in [-0.25, -0.2) is 0 Å². The molecule has 0 saturated carbocycles. The lowest BCUT2D eigenvalue weighted by Gasteiger charge is -2.34. The van der Waals surface area contributed by atoms with Gasteiger partial charge in [0.2, 0.25) is 0 Å². The average Bonchev–Trinajstić information content (AvgIpc) is 2.50. The number of quaternary nitrogens is 1. The van der Waals surface area contributed by atoms with Gasteiger partial charge in [-0.3, -0.25) is 0 Å². The summed E-state index contributed by atoms with van der Waals surface area (Å²) >= 11 is 0. The smallest absolute Gasteiger partial charge is 0.104 e. The van der Waals surface area contributed by atoms with Crippen molar-refractivity contribution in [2.24, 2.45) is 11.8 Å². The van der Waals surface area contributed by atoms with Crippen LogP contribution in [0.4, 0.5) is 0 Å². The maximum absolute atomic E-state index is 2.39. The molecular formula is C21H38ClN. The molecule has 2 unspecified atom stereocenters. The molecule has 2 atom stereocenters. The van der Waals surface area contributed by atoms with Crippen molar-refractivity contribution in [3.8, 4) is 0 Å². The molecule has 0 fully saturated rings. The van der Waals surface area contributed by atoms with Gasteiger partial charge < -0.3 is 16.9 Å². The van der Waals surface area contributed by atoms with Crippen molar-refractivity contribution in [1.29, 1.82) is 0 Å². The normalized spacial score (nSPS) is 14.1. The van der Waals surface area contributed by atoms with E-state index >= 15 is 0 Å². The van der Waals surface area contributed by atoms with Crippen molar-refractivity contribution in [1.82, 2.24) is 0 Å². The molecule has 1 rings (SSSR count). The first-order valence-corrected chi connectivity index (χ1v) is 9.36. The number of halogens is 1. The molecule has 0 aliphatic carbocycles. The second kappa shape index (κ2) is 11.9. The van der Waals surface area contributed by atoms with Crippen molar-refractivity contribution in [3.63, 3.8) is 0 Å². The molecular weight excluding hydrogens is 302 g/mol. The van der Waals surface area contributed by atoms with Crippen LogP contribution in [0.5, 0.6) is 0 Å². The summed E-state index contributed by atoms with van der Waals surface area (Å²) in [5.74, 6) is 1.79. The Balaban J connectivity index is 0.00000484. The van der Waals surface area contributed by atoms with Gasteiger partial charge in [0.15, 0.2) is 0 Å². The Morgan fingerprint density at radius 2 is 1.52 bits per heavy atom. The number of hydrogen-bond acceptors (Lipinski definition) is 0. The second-order valence-corrected chi connectivity index (χ2v) is 7.69. The van der Waals surface area contributed by atoms with Crippen LogP contribution in [-0.4, -0.2) is 25.1 Å². The lowest BCUT2D eigenvalue weighted by Crippen LogP contribution is -3.00. The van der Waals surface area contributed by atoms with Crippen molar-refractivity contribution in [2.75, 3.05) is 20.6 Å². The molecule has 0 radical (unpaired) electrons. The van der Waals surface area contributed by atoms with E-state index in [2.05, 4.69) is 65.2 Å². The molecule has 0 aliphatic rings. The summed E-state index contributed by atoms with van der Waals surface area (Å²) in [5.41, 5.74) is 1.46. The number of nitrogens with zero attached hydrogens (tertiary/aromatic N) is 1. The minimum atomic E-state index is 0. The maximum atomic E-state index is 2.39. The van der Waals surface area contributed by atoms with E-state index in [4.69, 9.17) is 0 Å². The molecule has 0 aliphatic heterocycles. The zero-order valence-electron chi connectivity index (χ0n) is 16.0. The van der Waals surface area contributed by atoms with Crippen LogP contribution in [0.1, 0.15) is 64.9 Å². The highest BCUT2D eigenvalue weighted by atomic mass is 35.5. The van der Waals surface area contributed by atoms with Crippen LogP contribution in [0.2, 0.25) is 0 Å². The van der Waals surface area contributed by atoms with E-state index < -0.39 is 0 Å². The van der Waals surface area contributed by atoms with Gasteiger partial charge in [-0.1, -0.05) is 76.8 Å². The Hall–Kier alpha value is -0.530. The van der Waals surface area contributed by atoms with E-state index in [0.717, 1.165) is 22.9 Å². The Kier molecular flexibility index (Phi) is 11.6. The molecule has 1 nitrogen and oxygen atoms in total. The van der Waals surface area contributed by atoms with Crippen LogP contribution >= 0.6 is 0 Å². The van der Waals surface area contributed by atoms with E-state index in [1.54, 1.807) is 0 Å². The minimum absolute atomic E-state index is 0. The van der Waals surface area contributed by atoms with Gasteiger partial charge in [-0.2, -0.15) is 0 Å². The Labute approximate surface area is 151 Å². The molecule has 1 aromatic carbocycles. The standard InChI is InChI=1S/C21H38N.ClH/c1-6-9-13-19(7-2)16-20(8-3)17-22(4,5)18-21-14-11-10-12-15-21;/h10-12,14-15,19-20H,6-9,13,16-18H2,1-5H3;1H/q+1;/p-1. The fourth-order valence-electron chi connectivity index (χ4n) is 3.66. The molecule has 0 heterocycles. The third-order valence-corrected chi connectivity index (χ3v) is 4.99. The highest BCUT2D eigenvalue weighted by molar-refractivity contribution is 5.13. The summed E-state index contributed by atoms with van der Waals surface area (Å²) in [7, 11) is 4.78. The zero-order chi connectivity index (χ0) is 16.4. The third kappa shape index (κ3) is 9.37. The second-order valence-electron chi connectivity index (χ2n) is 7.69. The Bertz CT molecular complexity index is 388. The molecule has 1 aromatic rings. The molecule has 0 bridgehead atoms. The fourth-order valence-corrected chi connectivity index (χ4v) is 3.66. The predicted molar refractivity (Wildman–Crippen MR) is 98.8 cm³/mol. The first-order valence-electron chi connectivity index (χ1n) is 9.36. The summed E-state index contributed by atoms with van der Waals surface area (Å²) < 4.78 is 1.10. The van der Waals surface area contributed by atoms with Gasteiger partial charge in [-0.05, 0) is 18.8 Å². The van der Waals surface area contributed by atoms with Gasteiger partial charge in [0.05, 0.1) is 20.6 Å². The molecule has 0 saturated heterocycles. The van der Waals surface area contributed by atoms with Gasteiger partial charge in [-0.15, -0.1) is 0 Å². The van der Waals surface area contributed by atoms with Crippen LogP contribution in [-0.2, 0) is 6.54 Å². The van der Waals surface area contributed by atoms with E-state index in [1.165, 1.54) is 50.6 Å². The van der Waals surface area contributed by atoms with Crippen LogP contribution in [0, 0.1) is 11.8 Å². The van der Waals surface area contributed by atoms with Gasteiger partial charge in [0.1, 0.15) is 6.54 Å². The first kappa shape index (κ1) is 22.5. The number of unbranched alkanes of at least 4 members (excludes halogenated alkanes) is 1. The van der Waals surface area contributed by atoms with E-state index in [0.29, 0.717) is 0 Å². The van der Waals surface area contributed by atoms with Gasteiger partial charge in [0.25, 0.3) is 0 Å². The largest absolute Gasteiger partial charge is 1.00 e. The fraction of sp³-hybridized carbons (Fsp3) is 0.714. The Morgan fingerprint density at radius 1 is 0.913 bits per heavy atom. The number of hydrogen-bond donors (Lipinski definition) is 0. The lowest BCUT2D eigenvalue weighted by molar-refractivity contribution is -0.907. The van der Waals surface area contributed by atoms with E-state index in [-0.39, 0.29) is 12.4 Å². The topological polar surface area (TPSA) is 0 Å². The number of rotatable bonds is 11. The maximum Gasteiger partial charge on any atom is 0.104 e. The molecule has 0 aromatic heterocycles. The Morgan fingerprint density at radius 3 is 2.04 bits per heavy atom. The molecule has 134 valence electrons. The molecule has 0 amide bonds. The summed E-state index contributed by atoms with van der Waals surface area (Å²) in [5, 5.41) is 0. The van der Waals surface area contributed by atoms with E-state index in [9.17, 15) is 0 Å². The minimum Gasteiger partial charge on any atom is -1.00 e. The first-order chi connectivity index (χ1) is 10.5. The van der Waals surface area contributed by atoms with Gasteiger partial charge >= 0.3 is 0 Å². The van der Waals surface area contributed by atoms with Crippen molar-refractivity contribution in [3.05, 3.63) is 35.9 Å². The SMILES string of the molecule is CCCCC(CC)CC(CC)C[N+](C)(C)Cc1ccccc1.[Cl-]. The summed E-state index contributed by atoms with van der Waals surface area (Å²) in [6.45, 7) is 9.50. The van der Waals surface area contributed by atoms with Crippen LogP contribution < -0.4 is 12.4 Å². The molecule has 2 heteroatoms. The quantitative estimate of drug-likeness (QED) is 0.544. The summed E-state index contributed by atoms with van der Waals surface area (Å²) in [6, 6.07) is 10.9. The lowest BCUT2D eigenvalue weighted by atomic mass is 9.87. The van der Waals surface area contributed by atoms with Crippen LogP contribution in [0.15, 0.2) is 30.3 Å². The molecule has 0 N–H and O–H groups in total. The summed E-state index contributed by atoms with van der Waals surface area (Å²) in [6.07, 6.45) is 8.25. The van der Waals surface area contributed by atoms with Gasteiger partial charge in [0, 0.05) is 11.5 Å². The predicted octanol–water partition coefficient (Wildman–Crippen LogP) is 2.90. The summed E-state index contributed by atoms with van der Waals surface area (Å²) in [4.78, 5) is 0. The highest BCUT2D eigenvalue weighted by Crippen LogP contribution is 2.26. The van der Waals surface area contributed by atoms with Crippen molar-refractivity contribution < 1.29 is 16.9 Å². The van der Waals surface area contributed by atoms with Crippen molar-refractivity contribution in [2.45, 2.75) is 65.8 Å². The van der Waals surface area contributed by atoms with Crippen LogP contribution in [0.25, 0.3) is 0 Å². The third-order valence-electron chi connectivity index (χ3n) is 4.99. The highest BCUT2D eigenvalue weighted by Gasteiger charge is 2.23. The molecule has 23 heavy (non-hydrogen) atoms. The van der Waals surface area contributed by atoms with E-state index in [1.807, 2.05) is 0 Å². The van der Waals surface area contributed by atoms with Crippen LogP contribution in [0.3, 0.4) is 0 Å². The molecule has 0 spiro atoms. The number of benzene rings is 1. The zero-order valence-corrected chi connectivity index (χ0v) is 16.8.